The Kier molecular flexibility index (Phi) is 9.17. The van der Waals surface area contributed by atoms with Crippen LogP contribution in [0, 0.1) is 11.2 Å². The van der Waals surface area contributed by atoms with Gasteiger partial charge in [0.25, 0.3) is 0 Å². The highest BCUT2D eigenvalue weighted by Gasteiger charge is 2.29. The summed E-state index contributed by atoms with van der Waals surface area (Å²) in [6, 6.07) is 15.0. The fraction of sp³-hybridized carbons (Fsp3) is 0.414. The number of rotatable bonds is 10. The van der Waals surface area contributed by atoms with Gasteiger partial charge in [-0.05, 0) is 51.8 Å². The average Bonchev–Trinajstić information content (AvgIpc) is 2.82. The third-order valence-electron chi connectivity index (χ3n) is 6.20. The van der Waals surface area contributed by atoms with Crippen molar-refractivity contribution < 1.29 is 28.1 Å². The van der Waals surface area contributed by atoms with E-state index in [1.54, 1.807) is 13.2 Å². The zero-order valence-corrected chi connectivity index (χ0v) is 23.5. The molecule has 1 unspecified atom stereocenters. The Hall–Kier alpha value is -2.73. The molecule has 1 aromatic heterocycles. The van der Waals surface area contributed by atoms with Crippen molar-refractivity contribution in [1.82, 2.24) is 4.98 Å². The highest BCUT2D eigenvalue weighted by molar-refractivity contribution is 7.57. The molecule has 0 bridgehead atoms. The molecule has 0 aliphatic heterocycles. The smallest absolute Gasteiger partial charge is 0.213 e. The molecule has 0 saturated heterocycles. The maximum Gasteiger partial charge on any atom is 0.213 e. The van der Waals surface area contributed by atoms with Gasteiger partial charge < -0.3 is 19.1 Å². The maximum absolute atomic E-state index is 14.9. The Morgan fingerprint density at radius 3 is 2.43 bits per heavy atom. The van der Waals surface area contributed by atoms with Crippen molar-refractivity contribution in [3.8, 4) is 22.8 Å². The van der Waals surface area contributed by atoms with Gasteiger partial charge in [0.2, 0.25) is 5.88 Å². The number of hydrogen-bond acceptors (Lipinski definition) is 5. The SMILES string of the molecule is COc1cc(-c2ccc(COc3cccc([C@H](C)CP(C)(=O)O)c3)cc2[C@@H](OC)C(C)(C)C)c(F)cn1. The predicted molar refractivity (Wildman–Crippen MR) is 145 cm³/mol. The first-order valence-electron chi connectivity index (χ1n) is 12.2. The zero-order chi connectivity index (χ0) is 27.4. The van der Waals surface area contributed by atoms with E-state index < -0.39 is 13.2 Å². The fourth-order valence-corrected chi connectivity index (χ4v) is 5.77. The Balaban J connectivity index is 1.94. The number of nitrogens with zero attached hydrogens (tertiary/aromatic N) is 1. The van der Waals surface area contributed by atoms with Gasteiger partial charge in [-0.1, -0.05) is 52.0 Å². The monoisotopic (exact) mass is 529 g/mol. The summed E-state index contributed by atoms with van der Waals surface area (Å²) in [7, 11) is 0.0244. The minimum atomic E-state index is -3.13. The third-order valence-corrected chi connectivity index (χ3v) is 7.42. The van der Waals surface area contributed by atoms with Crippen LogP contribution in [-0.4, -0.2) is 36.9 Å². The molecule has 1 heterocycles. The Morgan fingerprint density at radius 2 is 1.81 bits per heavy atom. The van der Waals surface area contributed by atoms with Crippen molar-refractivity contribution in [3.63, 3.8) is 0 Å². The first kappa shape index (κ1) is 28.8. The highest BCUT2D eigenvalue weighted by Crippen LogP contribution is 2.42. The molecule has 3 atom stereocenters. The van der Waals surface area contributed by atoms with Crippen LogP contribution in [0.5, 0.6) is 11.6 Å². The third kappa shape index (κ3) is 7.64. The van der Waals surface area contributed by atoms with Crippen molar-refractivity contribution in [3.05, 3.63) is 77.2 Å². The second-order valence-corrected chi connectivity index (χ2v) is 13.1. The molecule has 1 N–H and O–H groups in total. The first-order valence-corrected chi connectivity index (χ1v) is 14.5. The van der Waals surface area contributed by atoms with E-state index in [0.29, 0.717) is 29.4 Å². The second kappa shape index (κ2) is 11.8. The Morgan fingerprint density at radius 1 is 1.08 bits per heavy atom. The normalized spacial score (nSPS) is 15.1. The molecule has 0 fully saturated rings. The van der Waals surface area contributed by atoms with E-state index in [0.717, 1.165) is 22.9 Å². The lowest BCUT2D eigenvalue weighted by Crippen LogP contribution is -2.21. The summed E-state index contributed by atoms with van der Waals surface area (Å²) < 4.78 is 44.0. The number of pyridine rings is 1. The minimum Gasteiger partial charge on any atom is -0.489 e. The molecule has 37 heavy (non-hydrogen) atoms. The van der Waals surface area contributed by atoms with Crippen LogP contribution in [0.2, 0.25) is 0 Å². The molecule has 2 aromatic carbocycles. The number of hydrogen-bond donors (Lipinski definition) is 1. The van der Waals surface area contributed by atoms with E-state index in [1.807, 2.05) is 49.4 Å². The van der Waals surface area contributed by atoms with E-state index in [9.17, 15) is 13.8 Å². The van der Waals surface area contributed by atoms with E-state index in [4.69, 9.17) is 14.2 Å². The van der Waals surface area contributed by atoms with Crippen LogP contribution in [-0.2, 0) is 15.9 Å². The number of ether oxygens (including phenoxy) is 3. The molecular weight excluding hydrogens is 492 g/mol. The van der Waals surface area contributed by atoms with Crippen molar-refractivity contribution in [2.24, 2.45) is 5.41 Å². The van der Waals surface area contributed by atoms with Crippen LogP contribution in [0.1, 0.15) is 56.4 Å². The highest BCUT2D eigenvalue weighted by atomic mass is 31.2. The first-order chi connectivity index (χ1) is 17.3. The van der Waals surface area contributed by atoms with Crippen molar-refractivity contribution >= 4 is 7.37 Å². The molecule has 3 aromatic rings. The molecule has 3 rings (SSSR count). The van der Waals surface area contributed by atoms with Gasteiger partial charge in [-0.25, -0.2) is 9.37 Å². The molecule has 0 amide bonds. The van der Waals surface area contributed by atoms with Crippen LogP contribution in [0.15, 0.2) is 54.7 Å². The van der Waals surface area contributed by atoms with Gasteiger partial charge in [-0.3, -0.25) is 4.57 Å². The molecule has 6 nitrogen and oxygen atoms in total. The average molecular weight is 530 g/mol. The van der Waals surface area contributed by atoms with E-state index >= 15 is 0 Å². The standard InChI is InChI=1S/C29H37FNO5P/c1-19(18-37(7,32)33)21-9-8-10-22(14-21)36-17-20-11-12-23(24-15-27(34-5)31-16-26(24)30)25(13-20)28(35-6)29(2,3)4/h8-16,19,28H,17-18H2,1-7H3,(H,32,33)/t19-,28-/m1/s1. The lowest BCUT2D eigenvalue weighted by molar-refractivity contribution is 0.0155. The Labute approximate surface area is 219 Å². The molecule has 8 heteroatoms. The molecule has 0 saturated carbocycles. The summed E-state index contributed by atoms with van der Waals surface area (Å²) in [5.41, 5.74) is 3.52. The molecule has 0 aliphatic carbocycles. The lowest BCUT2D eigenvalue weighted by atomic mass is 9.81. The number of methoxy groups -OCH3 is 2. The van der Waals surface area contributed by atoms with Crippen molar-refractivity contribution in [2.45, 2.75) is 46.3 Å². The summed E-state index contributed by atoms with van der Waals surface area (Å²) in [6.07, 6.45) is 1.06. The summed E-state index contributed by atoms with van der Waals surface area (Å²) >= 11 is 0. The summed E-state index contributed by atoms with van der Waals surface area (Å²) in [5, 5.41) is 0. The summed E-state index contributed by atoms with van der Waals surface area (Å²) in [4.78, 5) is 13.7. The summed E-state index contributed by atoms with van der Waals surface area (Å²) in [5.74, 6) is 0.481. The largest absolute Gasteiger partial charge is 0.489 e. The maximum atomic E-state index is 14.9. The summed E-state index contributed by atoms with van der Waals surface area (Å²) in [6.45, 7) is 9.83. The van der Waals surface area contributed by atoms with Crippen LogP contribution >= 0.6 is 7.37 Å². The molecule has 0 spiro atoms. The second-order valence-electron chi connectivity index (χ2n) is 10.6. The van der Waals surface area contributed by atoms with Gasteiger partial charge in [-0.2, -0.15) is 0 Å². The minimum absolute atomic E-state index is 0.0724. The van der Waals surface area contributed by atoms with Crippen molar-refractivity contribution in [1.29, 1.82) is 0 Å². The van der Waals surface area contributed by atoms with Gasteiger partial charge in [-0.15, -0.1) is 0 Å². The van der Waals surface area contributed by atoms with Crippen LogP contribution in [0.4, 0.5) is 4.39 Å². The van der Waals surface area contributed by atoms with E-state index in [1.165, 1.54) is 13.8 Å². The Bertz CT molecular complexity index is 1270. The molecule has 200 valence electrons. The molecule has 0 radical (unpaired) electrons. The van der Waals surface area contributed by atoms with Gasteiger partial charge in [0.1, 0.15) is 18.2 Å². The van der Waals surface area contributed by atoms with E-state index in [2.05, 4.69) is 25.8 Å². The number of halogens is 1. The molecule has 0 aliphatic rings. The van der Waals surface area contributed by atoms with Crippen LogP contribution in [0.3, 0.4) is 0 Å². The predicted octanol–water partition coefficient (Wildman–Crippen LogP) is 7.21. The quantitative estimate of drug-likeness (QED) is 0.280. The van der Waals surface area contributed by atoms with Gasteiger partial charge >= 0.3 is 0 Å². The van der Waals surface area contributed by atoms with Gasteiger partial charge in [0.05, 0.1) is 19.4 Å². The number of benzene rings is 2. The van der Waals surface area contributed by atoms with Gasteiger partial charge in [0.15, 0.2) is 7.37 Å². The number of aromatic nitrogens is 1. The van der Waals surface area contributed by atoms with E-state index in [-0.39, 0.29) is 23.6 Å². The van der Waals surface area contributed by atoms with Crippen LogP contribution in [0.25, 0.3) is 11.1 Å². The fourth-order valence-electron chi connectivity index (χ4n) is 4.54. The van der Waals surface area contributed by atoms with Gasteiger partial charge in [0, 0.05) is 31.6 Å². The molecular formula is C29H37FNO5P. The van der Waals surface area contributed by atoms with Crippen molar-refractivity contribution in [2.75, 3.05) is 27.0 Å². The topological polar surface area (TPSA) is 77.9 Å². The van der Waals surface area contributed by atoms with Crippen LogP contribution < -0.4 is 9.47 Å². The zero-order valence-electron chi connectivity index (χ0n) is 22.6. The lowest BCUT2D eigenvalue weighted by Gasteiger charge is -2.32.